The van der Waals surface area contributed by atoms with Crippen LogP contribution in [0.5, 0.6) is 0 Å². The maximum Gasteiger partial charge on any atom is 0.306 e. The van der Waals surface area contributed by atoms with E-state index < -0.39 is 6.10 Å². The Morgan fingerprint density at radius 3 is 0.753 bits per heavy atom. The van der Waals surface area contributed by atoms with E-state index in [1.807, 2.05) is 0 Å². The molecule has 1 atom stereocenters. The Morgan fingerprint density at radius 2 is 0.481 bits per heavy atom. The molecule has 0 N–H and O–H groups in total. The monoisotopic (exact) mass is 1120 g/mol. The highest BCUT2D eigenvalue weighted by atomic mass is 16.6. The van der Waals surface area contributed by atoms with Gasteiger partial charge in [-0.15, -0.1) is 0 Å². The Kier molecular flexibility index (Phi) is 64.8. The van der Waals surface area contributed by atoms with Crippen LogP contribution >= 0.6 is 0 Å². The van der Waals surface area contributed by atoms with Crippen LogP contribution in [-0.2, 0) is 28.6 Å². The van der Waals surface area contributed by atoms with Gasteiger partial charge in [0.05, 0.1) is 0 Å². The third kappa shape index (κ3) is 66.5. The highest BCUT2D eigenvalue weighted by Crippen LogP contribution is 2.16. The predicted octanol–water partition coefficient (Wildman–Crippen LogP) is 23.6. The summed E-state index contributed by atoms with van der Waals surface area (Å²) in [5.41, 5.74) is 0. The lowest BCUT2D eigenvalue weighted by molar-refractivity contribution is -0.167. The summed E-state index contributed by atoms with van der Waals surface area (Å²) in [6, 6.07) is 0. The van der Waals surface area contributed by atoms with E-state index in [9.17, 15) is 14.4 Å². The molecule has 0 heterocycles. The van der Waals surface area contributed by atoms with E-state index in [1.54, 1.807) is 0 Å². The fraction of sp³-hybridized carbons (Fsp3) is 0.693. The highest BCUT2D eigenvalue weighted by Gasteiger charge is 2.19. The summed E-state index contributed by atoms with van der Waals surface area (Å²) in [6.07, 6.45) is 94.9. The van der Waals surface area contributed by atoms with Crippen molar-refractivity contribution in [1.29, 1.82) is 0 Å². The molecule has 0 aliphatic rings. The second kappa shape index (κ2) is 68.3. The average molecular weight is 1120 g/mol. The zero-order valence-corrected chi connectivity index (χ0v) is 53.0. The van der Waals surface area contributed by atoms with E-state index in [2.05, 4.69) is 142 Å². The van der Waals surface area contributed by atoms with Gasteiger partial charge in [0.25, 0.3) is 0 Å². The standard InChI is InChI=1S/C75H126O6/c1-4-7-10-13-16-19-22-25-28-31-34-36-37-39-41-44-47-50-53-56-59-62-65-68-74(77)80-71-72(70-79-73(76)67-64-61-58-55-52-49-46-43-40-33-30-27-24-21-18-15-12-9-6-3)81-75(78)69-66-63-60-57-54-51-48-45-42-38-35-32-29-26-23-20-17-14-11-8-5-2/h8-9,11-12,17-18,20-22,25-27,29-31,34-35,38,40,43,72H,4-7,10,13-16,19,23-24,28,32-33,36-37,39,41-42,44-71H2,1-3H3/b11-8-,12-9-,20-17-,21-18-,25-22-,29-26-,30-27-,34-31-,38-35-,43-40-. The van der Waals surface area contributed by atoms with Gasteiger partial charge in [0.1, 0.15) is 13.2 Å². The Labute approximate surface area is 501 Å². The number of ether oxygens (including phenoxy) is 3. The van der Waals surface area contributed by atoms with Crippen LogP contribution in [0.25, 0.3) is 0 Å². The zero-order chi connectivity index (χ0) is 58.5. The first-order valence-corrected chi connectivity index (χ1v) is 34.0. The molecule has 1 unspecified atom stereocenters. The van der Waals surface area contributed by atoms with E-state index in [1.165, 1.54) is 141 Å². The van der Waals surface area contributed by atoms with Crippen molar-refractivity contribution in [2.45, 2.75) is 322 Å². The Bertz CT molecular complexity index is 1670. The van der Waals surface area contributed by atoms with Crippen LogP contribution in [0, 0.1) is 0 Å². The first-order chi connectivity index (χ1) is 40.0. The zero-order valence-electron chi connectivity index (χ0n) is 53.0. The smallest absolute Gasteiger partial charge is 0.306 e. The SMILES string of the molecule is CC/C=C\C/C=C\C/C=C\C/C=C\CCCCCCCCCCC(=O)OC(COC(=O)CCCCCCCC/C=C\C/C=C\C/C=C\C/C=C\CC)COC(=O)CCCCCCCCCCCCC/C=C\C/C=C\CCCCCCC. The van der Waals surface area contributed by atoms with Gasteiger partial charge in [-0.2, -0.15) is 0 Å². The normalized spacial score (nSPS) is 12.9. The number of allylic oxidation sites excluding steroid dienone is 20. The molecule has 0 saturated carbocycles. The fourth-order valence-corrected chi connectivity index (χ4v) is 9.40. The molecule has 0 bridgehead atoms. The minimum atomic E-state index is -0.795. The molecular formula is C75H126O6. The van der Waals surface area contributed by atoms with Crippen molar-refractivity contribution in [3.63, 3.8) is 0 Å². The van der Waals surface area contributed by atoms with Crippen LogP contribution in [0.3, 0.4) is 0 Å². The summed E-state index contributed by atoms with van der Waals surface area (Å²) in [5, 5.41) is 0. The second-order valence-electron chi connectivity index (χ2n) is 22.3. The first-order valence-electron chi connectivity index (χ1n) is 34.0. The third-order valence-corrected chi connectivity index (χ3v) is 14.4. The molecule has 0 aromatic carbocycles. The Balaban J connectivity index is 4.42. The molecule has 0 rings (SSSR count). The van der Waals surface area contributed by atoms with Crippen molar-refractivity contribution < 1.29 is 28.6 Å². The number of hydrogen-bond acceptors (Lipinski definition) is 6. The van der Waals surface area contributed by atoms with Gasteiger partial charge in [-0.3, -0.25) is 14.4 Å². The number of carbonyl (C=O) groups excluding carboxylic acids is 3. The van der Waals surface area contributed by atoms with Crippen molar-refractivity contribution in [1.82, 2.24) is 0 Å². The van der Waals surface area contributed by atoms with Gasteiger partial charge in [0, 0.05) is 19.3 Å². The number of esters is 3. The lowest BCUT2D eigenvalue weighted by Gasteiger charge is -2.18. The maximum absolute atomic E-state index is 13.0. The van der Waals surface area contributed by atoms with Crippen LogP contribution < -0.4 is 0 Å². The van der Waals surface area contributed by atoms with Gasteiger partial charge in [-0.1, -0.05) is 290 Å². The van der Waals surface area contributed by atoms with Crippen LogP contribution in [-0.4, -0.2) is 37.2 Å². The molecule has 0 aliphatic carbocycles. The summed E-state index contributed by atoms with van der Waals surface area (Å²) in [7, 11) is 0. The lowest BCUT2D eigenvalue weighted by atomic mass is 10.0. The molecule has 6 nitrogen and oxygen atoms in total. The topological polar surface area (TPSA) is 78.9 Å². The summed E-state index contributed by atoms with van der Waals surface area (Å²) >= 11 is 0. The second-order valence-corrected chi connectivity index (χ2v) is 22.3. The van der Waals surface area contributed by atoms with E-state index >= 15 is 0 Å². The Morgan fingerprint density at radius 1 is 0.259 bits per heavy atom. The largest absolute Gasteiger partial charge is 0.462 e. The van der Waals surface area contributed by atoms with Gasteiger partial charge in [-0.05, 0) is 128 Å². The van der Waals surface area contributed by atoms with Crippen molar-refractivity contribution >= 4 is 17.9 Å². The summed E-state index contributed by atoms with van der Waals surface area (Å²) < 4.78 is 17.0. The molecule has 6 heteroatoms. The molecule has 0 saturated heterocycles. The molecule has 0 radical (unpaired) electrons. The van der Waals surface area contributed by atoms with Crippen molar-refractivity contribution in [2.75, 3.05) is 13.2 Å². The fourth-order valence-electron chi connectivity index (χ4n) is 9.40. The molecule has 0 amide bonds. The van der Waals surface area contributed by atoms with E-state index in [0.717, 1.165) is 135 Å². The molecule has 81 heavy (non-hydrogen) atoms. The molecule has 462 valence electrons. The minimum absolute atomic E-state index is 0.0886. The van der Waals surface area contributed by atoms with Gasteiger partial charge in [-0.25, -0.2) is 0 Å². The summed E-state index contributed by atoms with van der Waals surface area (Å²) in [5.74, 6) is -0.904. The molecular weight excluding hydrogens is 997 g/mol. The van der Waals surface area contributed by atoms with Gasteiger partial charge < -0.3 is 14.2 Å². The van der Waals surface area contributed by atoms with Crippen molar-refractivity contribution in [3.8, 4) is 0 Å². The number of hydrogen-bond donors (Lipinski definition) is 0. The average Bonchev–Trinajstić information content (AvgIpc) is 3.47. The minimum Gasteiger partial charge on any atom is -0.462 e. The predicted molar refractivity (Wildman–Crippen MR) is 353 cm³/mol. The van der Waals surface area contributed by atoms with E-state index in [4.69, 9.17) is 14.2 Å². The third-order valence-electron chi connectivity index (χ3n) is 14.4. The number of rotatable bonds is 61. The maximum atomic E-state index is 13.0. The molecule has 0 spiro atoms. The van der Waals surface area contributed by atoms with Gasteiger partial charge in [0.2, 0.25) is 0 Å². The molecule has 0 fully saturated rings. The Hall–Kier alpha value is -4.19. The van der Waals surface area contributed by atoms with Gasteiger partial charge >= 0.3 is 17.9 Å². The van der Waals surface area contributed by atoms with Crippen LogP contribution in [0.4, 0.5) is 0 Å². The van der Waals surface area contributed by atoms with Crippen LogP contribution in [0.2, 0.25) is 0 Å². The van der Waals surface area contributed by atoms with Crippen LogP contribution in [0.15, 0.2) is 122 Å². The van der Waals surface area contributed by atoms with Gasteiger partial charge in [0.15, 0.2) is 6.10 Å². The summed E-state index contributed by atoms with van der Waals surface area (Å²) in [6.45, 7) is 6.41. The van der Waals surface area contributed by atoms with Crippen LogP contribution in [0.1, 0.15) is 316 Å². The van der Waals surface area contributed by atoms with Crippen molar-refractivity contribution in [3.05, 3.63) is 122 Å². The van der Waals surface area contributed by atoms with Crippen molar-refractivity contribution in [2.24, 2.45) is 0 Å². The molecule has 0 aliphatic heterocycles. The quantitative estimate of drug-likeness (QED) is 0.0261. The molecule has 0 aromatic heterocycles. The molecule has 0 aromatic rings. The number of carbonyl (C=O) groups is 3. The number of unbranched alkanes of at least 4 members (excludes halogenated alkanes) is 30. The first kappa shape index (κ1) is 76.8. The van der Waals surface area contributed by atoms with E-state index in [0.29, 0.717) is 19.3 Å². The van der Waals surface area contributed by atoms with E-state index in [-0.39, 0.29) is 31.1 Å². The highest BCUT2D eigenvalue weighted by molar-refractivity contribution is 5.71. The summed E-state index contributed by atoms with van der Waals surface area (Å²) in [4.78, 5) is 38.5. The lowest BCUT2D eigenvalue weighted by Crippen LogP contribution is -2.30.